The molecule has 0 radical (unpaired) electrons. The van der Waals surface area contributed by atoms with E-state index in [0.717, 1.165) is 66.3 Å². The monoisotopic (exact) mass is 656 g/mol. The van der Waals surface area contributed by atoms with Crippen LogP contribution in [0.2, 0.25) is 0 Å². The number of hydrogen-bond donors (Lipinski definition) is 0. The van der Waals surface area contributed by atoms with E-state index in [1.54, 1.807) is 0 Å². The van der Waals surface area contributed by atoms with E-state index in [9.17, 15) is 0 Å². The summed E-state index contributed by atoms with van der Waals surface area (Å²) in [5.41, 5.74) is 10.1. The third-order valence-electron chi connectivity index (χ3n) is 9.39. The van der Waals surface area contributed by atoms with Crippen molar-refractivity contribution in [3.63, 3.8) is 0 Å². The van der Waals surface area contributed by atoms with Crippen molar-refractivity contribution >= 4 is 62.1 Å². The zero-order valence-electron chi connectivity index (χ0n) is 27.8. The molecule has 0 aliphatic rings. The van der Waals surface area contributed by atoms with Gasteiger partial charge in [0.1, 0.15) is 11.2 Å². The van der Waals surface area contributed by atoms with E-state index in [4.69, 9.17) is 14.4 Å². The van der Waals surface area contributed by atoms with Crippen molar-refractivity contribution in [2.24, 2.45) is 15.0 Å². The molecular formula is C46H32N4O. The molecule has 51 heavy (non-hydrogen) atoms. The second kappa shape index (κ2) is 12.9. The van der Waals surface area contributed by atoms with Crippen LogP contribution in [0.1, 0.15) is 16.7 Å². The Morgan fingerprint density at radius 1 is 0.549 bits per heavy atom. The molecule has 0 saturated carbocycles. The standard InChI is InChI=1S/C46H32N4O/c1-47-45(33-18-9-4-10-19-33)49-46(48-30-31-14-5-2-6-15-31)35-20-13-21-36(28-35)50-40-29-34(32-16-7-3-8-17-32)24-25-37(40)38-26-27-42-43(44(38)50)39-22-11-12-23-41(39)51-42/h2-29H,1,30H2/b48-46-,49-45-. The summed E-state index contributed by atoms with van der Waals surface area (Å²) in [6.07, 6.45) is 0. The number of furan rings is 1. The Morgan fingerprint density at radius 2 is 1.25 bits per heavy atom. The molecular weight excluding hydrogens is 625 g/mol. The van der Waals surface area contributed by atoms with Crippen molar-refractivity contribution in [3.05, 3.63) is 187 Å². The molecule has 0 spiro atoms. The number of nitrogens with zero attached hydrogens (tertiary/aromatic N) is 4. The van der Waals surface area contributed by atoms with Gasteiger partial charge in [0.25, 0.3) is 0 Å². The van der Waals surface area contributed by atoms with Crippen LogP contribution in [0.5, 0.6) is 0 Å². The zero-order valence-corrected chi connectivity index (χ0v) is 27.8. The summed E-state index contributed by atoms with van der Waals surface area (Å²) in [5.74, 6) is 1.10. The average molecular weight is 657 g/mol. The predicted molar refractivity (Wildman–Crippen MR) is 213 cm³/mol. The molecule has 0 unspecified atom stereocenters. The Balaban J connectivity index is 1.31. The minimum Gasteiger partial charge on any atom is -0.456 e. The molecule has 0 fully saturated rings. The van der Waals surface area contributed by atoms with Gasteiger partial charge in [-0.2, -0.15) is 0 Å². The van der Waals surface area contributed by atoms with E-state index in [-0.39, 0.29) is 0 Å². The van der Waals surface area contributed by atoms with Crippen LogP contribution in [0, 0.1) is 0 Å². The van der Waals surface area contributed by atoms with E-state index < -0.39 is 0 Å². The number of rotatable bonds is 6. The molecule has 2 aromatic heterocycles. The molecule has 0 saturated heterocycles. The Bertz CT molecular complexity index is 2770. The van der Waals surface area contributed by atoms with E-state index in [1.165, 1.54) is 10.9 Å². The summed E-state index contributed by atoms with van der Waals surface area (Å²) in [6.45, 7) is 4.33. The maximum absolute atomic E-state index is 6.41. The van der Waals surface area contributed by atoms with Crippen molar-refractivity contribution in [3.8, 4) is 16.8 Å². The second-order valence-corrected chi connectivity index (χ2v) is 12.5. The lowest BCUT2D eigenvalue weighted by molar-refractivity contribution is 0.669. The van der Waals surface area contributed by atoms with Gasteiger partial charge < -0.3 is 8.98 Å². The first kappa shape index (κ1) is 30.2. The molecule has 0 amide bonds. The number of benzene rings is 7. The van der Waals surface area contributed by atoms with Crippen LogP contribution < -0.4 is 0 Å². The van der Waals surface area contributed by atoms with Gasteiger partial charge >= 0.3 is 0 Å². The van der Waals surface area contributed by atoms with Gasteiger partial charge in [-0.15, -0.1) is 0 Å². The van der Waals surface area contributed by atoms with Crippen LogP contribution in [0.25, 0.3) is 60.6 Å². The minimum atomic E-state index is 0.473. The predicted octanol–water partition coefficient (Wildman–Crippen LogP) is 11.4. The van der Waals surface area contributed by atoms with E-state index in [1.807, 2.05) is 60.7 Å². The van der Waals surface area contributed by atoms with Gasteiger partial charge in [0, 0.05) is 33.0 Å². The lowest BCUT2D eigenvalue weighted by Crippen LogP contribution is -2.06. The maximum Gasteiger partial charge on any atom is 0.161 e. The van der Waals surface area contributed by atoms with Crippen LogP contribution in [0.3, 0.4) is 0 Å². The summed E-state index contributed by atoms with van der Waals surface area (Å²) < 4.78 is 8.78. The highest BCUT2D eigenvalue weighted by Crippen LogP contribution is 2.42. The quantitative estimate of drug-likeness (QED) is 0.130. The average Bonchev–Trinajstić information content (AvgIpc) is 3.74. The molecule has 0 aliphatic heterocycles. The Kier molecular flexibility index (Phi) is 7.63. The van der Waals surface area contributed by atoms with Crippen LogP contribution in [-0.2, 0) is 6.54 Å². The number of fused-ring (bicyclic) bond motifs is 7. The molecule has 0 aliphatic carbocycles. The van der Waals surface area contributed by atoms with Crippen molar-refractivity contribution in [1.29, 1.82) is 0 Å². The molecule has 5 nitrogen and oxygen atoms in total. The van der Waals surface area contributed by atoms with Crippen molar-refractivity contribution in [2.75, 3.05) is 0 Å². The third kappa shape index (κ3) is 5.51. The van der Waals surface area contributed by atoms with E-state index in [2.05, 4.69) is 125 Å². The van der Waals surface area contributed by atoms with E-state index >= 15 is 0 Å². The Morgan fingerprint density at radius 3 is 2.06 bits per heavy atom. The molecule has 0 atom stereocenters. The minimum absolute atomic E-state index is 0.473. The summed E-state index contributed by atoms with van der Waals surface area (Å²) >= 11 is 0. The van der Waals surface area contributed by atoms with Crippen LogP contribution in [-0.4, -0.2) is 23.0 Å². The molecule has 0 bridgehead atoms. The highest BCUT2D eigenvalue weighted by atomic mass is 16.3. The summed E-state index contributed by atoms with van der Waals surface area (Å²) in [6, 6.07) is 58.4. The highest BCUT2D eigenvalue weighted by molar-refractivity contribution is 6.25. The molecule has 5 heteroatoms. The largest absolute Gasteiger partial charge is 0.456 e. The topological polar surface area (TPSA) is 55.1 Å². The molecule has 2 heterocycles. The molecule has 7 aromatic carbocycles. The van der Waals surface area contributed by atoms with Gasteiger partial charge in [0.15, 0.2) is 11.7 Å². The second-order valence-electron chi connectivity index (χ2n) is 12.5. The van der Waals surface area contributed by atoms with Crippen LogP contribution in [0.4, 0.5) is 0 Å². The Hall–Kier alpha value is -6.85. The fourth-order valence-electron chi connectivity index (χ4n) is 7.00. The first-order valence-electron chi connectivity index (χ1n) is 17.0. The van der Waals surface area contributed by atoms with Gasteiger partial charge in [-0.3, -0.25) is 4.99 Å². The lowest BCUT2D eigenvalue weighted by atomic mass is 10.0. The highest BCUT2D eigenvalue weighted by Gasteiger charge is 2.20. The van der Waals surface area contributed by atoms with Crippen molar-refractivity contribution in [2.45, 2.75) is 6.54 Å². The van der Waals surface area contributed by atoms with Gasteiger partial charge in [-0.1, -0.05) is 133 Å². The number of amidine groups is 2. The summed E-state index contributed by atoms with van der Waals surface area (Å²) in [4.78, 5) is 14.5. The van der Waals surface area contributed by atoms with Gasteiger partial charge in [0.2, 0.25) is 0 Å². The Labute approximate surface area is 295 Å². The number of hydrogen-bond acceptors (Lipinski definition) is 2. The fraction of sp³-hybridized carbons (Fsp3) is 0.0217. The maximum atomic E-state index is 6.41. The fourth-order valence-corrected chi connectivity index (χ4v) is 7.00. The normalized spacial score (nSPS) is 12.3. The molecule has 9 aromatic rings. The SMILES string of the molecule is C=N/C(=N\C(=N/Cc1ccccc1)c1cccc(-n2c3cc(-c4ccccc4)ccc3c3ccc4oc5ccccc5c4c32)c1)c1ccccc1. The van der Waals surface area contributed by atoms with Crippen molar-refractivity contribution in [1.82, 2.24) is 4.57 Å². The summed E-state index contributed by atoms with van der Waals surface area (Å²) in [7, 11) is 0. The van der Waals surface area contributed by atoms with Crippen LogP contribution >= 0.6 is 0 Å². The van der Waals surface area contributed by atoms with Gasteiger partial charge in [-0.05, 0) is 59.8 Å². The van der Waals surface area contributed by atoms with Gasteiger partial charge in [-0.25, -0.2) is 9.98 Å². The molecule has 0 N–H and O–H groups in total. The van der Waals surface area contributed by atoms with Crippen LogP contribution in [0.15, 0.2) is 189 Å². The van der Waals surface area contributed by atoms with Gasteiger partial charge in [0.05, 0.1) is 23.0 Å². The number of aromatic nitrogens is 1. The van der Waals surface area contributed by atoms with Crippen molar-refractivity contribution < 1.29 is 4.42 Å². The number of aliphatic imine (C=N–C) groups is 3. The molecule has 242 valence electrons. The van der Waals surface area contributed by atoms with E-state index in [0.29, 0.717) is 18.2 Å². The summed E-state index contributed by atoms with van der Waals surface area (Å²) in [5, 5.41) is 4.50. The zero-order chi connectivity index (χ0) is 34.1. The first-order valence-corrected chi connectivity index (χ1v) is 17.0. The smallest absolute Gasteiger partial charge is 0.161 e. The lowest BCUT2D eigenvalue weighted by Gasteiger charge is -2.12. The molecule has 9 rings (SSSR count). The first-order chi connectivity index (χ1) is 25.2. The third-order valence-corrected chi connectivity index (χ3v) is 9.39. The number of para-hydroxylation sites is 1.